The molecule has 0 bridgehead atoms. The molecule has 1 aromatic rings. The molecule has 0 aliphatic heterocycles. The van der Waals surface area contributed by atoms with E-state index < -0.39 is 6.04 Å². The van der Waals surface area contributed by atoms with E-state index in [4.69, 9.17) is 11.0 Å². The van der Waals surface area contributed by atoms with Gasteiger partial charge in [-0.15, -0.1) is 0 Å². The first-order valence-electron chi connectivity index (χ1n) is 6.55. The maximum absolute atomic E-state index is 12.4. The number of carbonyl (C=O) groups excluding carboxylic acids is 1. The van der Waals surface area contributed by atoms with Gasteiger partial charge in [0.1, 0.15) is 0 Å². The van der Waals surface area contributed by atoms with Gasteiger partial charge in [-0.1, -0.05) is 32.0 Å². The van der Waals surface area contributed by atoms with E-state index in [-0.39, 0.29) is 5.91 Å². The topological polar surface area (TPSA) is 70.1 Å². The van der Waals surface area contributed by atoms with E-state index >= 15 is 0 Å². The predicted octanol–water partition coefficient (Wildman–Crippen LogP) is 2.31. The van der Waals surface area contributed by atoms with Gasteiger partial charge >= 0.3 is 0 Å². The van der Waals surface area contributed by atoms with Crippen LogP contribution in [0.3, 0.4) is 0 Å². The molecule has 4 heteroatoms. The van der Waals surface area contributed by atoms with Gasteiger partial charge in [0.2, 0.25) is 5.91 Å². The van der Waals surface area contributed by atoms with Crippen LogP contribution in [0.1, 0.15) is 26.7 Å². The molecule has 0 saturated heterocycles. The monoisotopic (exact) mass is 259 g/mol. The average molecular weight is 259 g/mol. The Morgan fingerprint density at radius 1 is 1.37 bits per heavy atom. The largest absolute Gasteiger partial charge is 0.320 e. The highest BCUT2D eigenvalue weighted by atomic mass is 16.2. The summed E-state index contributed by atoms with van der Waals surface area (Å²) >= 11 is 0. The van der Waals surface area contributed by atoms with Crippen LogP contribution < -0.4 is 10.6 Å². The Morgan fingerprint density at radius 3 is 2.53 bits per heavy atom. The standard InChI is InChI=1S/C15H21N3O/c1-12(2)11-14(17)15(19)18(10-6-9-16)13-7-4-3-5-8-13/h3-5,7-8,12,14H,6,10-11,17H2,1-2H3/t14-/m1/s1. The summed E-state index contributed by atoms with van der Waals surface area (Å²) < 4.78 is 0. The molecule has 0 heterocycles. The van der Waals surface area contributed by atoms with Crippen LogP contribution >= 0.6 is 0 Å². The van der Waals surface area contributed by atoms with Gasteiger partial charge in [0.15, 0.2) is 0 Å². The van der Waals surface area contributed by atoms with Crippen molar-refractivity contribution in [3.05, 3.63) is 30.3 Å². The summed E-state index contributed by atoms with van der Waals surface area (Å²) in [5, 5.41) is 8.71. The molecule has 0 saturated carbocycles. The first kappa shape index (κ1) is 15.2. The van der Waals surface area contributed by atoms with E-state index in [2.05, 4.69) is 6.07 Å². The zero-order chi connectivity index (χ0) is 14.3. The minimum Gasteiger partial charge on any atom is -0.320 e. The Hall–Kier alpha value is -1.86. The lowest BCUT2D eigenvalue weighted by atomic mass is 10.0. The highest BCUT2D eigenvalue weighted by molar-refractivity contribution is 5.97. The van der Waals surface area contributed by atoms with Crippen LogP contribution in [0.4, 0.5) is 5.69 Å². The number of nitrogens with two attached hydrogens (primary N) is 1. The van der Waals surface area contributed by atoms with Gasteiger partial charge in [0.05, 0.1) is 18.5 Å². The number of para-hydroxylation sites is 1. The Labute approximate surface area is 114 Å². The molecule has 19 heavy (non-hydrogen) atoms. The van der Waals surface area contributed by atoms with Gasteiger partial charge in [0.25, 0.3) is 0 Å². The second-order valence-electron chi connectivity index (χ2n) is 4.97. The zero-order valence-corrected chi connectivity index (χ0v) is 11.5. The van der Waals surface area contributed by atoms with Crippen molar-refractivity contribution < 1.29 is 4.79 Å². The minimum atomic E-state index is -0.515. The lowest BCUT2D eigenvalue weighted by molar-refractivity contribution is -0.120. The fourth-order valence-electron chi connectivity index (χ4n) is 1.95. The number of rotatable bonds is 6. The number of amides is 1. The number of benzene rings is 1. The van der Waals surface area contributed by atoms with Gasteiger partial charge in [-0.25, -0.2) is 0 Å². The van der Waals surface area contributed by atoms with Crippen molar-refractivity contribution in [3.8, 4) is 6.07 Å². The summed E-state index contributed by atoms with van der Waals surface area (Å²) in [5.74, 6) is 0.252. The molecule has 0 fully saturated rings. The molecular weight excluding hydrogens is 238 g/mol. The second-order valence-corrected chi connectivity index (χ2v) is 4.97. The summed E-state index contributed by atoms with van der Waals surface area (Å²) in [5.41, 5.74) is 6.75. The Balaban J connectivity index is 2.85. The van der Waals surface area contributed by atoms with Gasteiger partial charge in [-0.2, -0.15) is 5.26 Å². The van der Waals surface area contributed by atoms with E-state index in [0.29, 0.717) is 25.3 Å². The van der Waals surface area contributed by atoms with Crippen LogP contribution in [0.15, 0.2) is 30.3 Å². The Kier molecular flexibility index (Phi) is 6.04. The molecule has 102 valence electrons. The van der Waals surface area contributed by atoms with Crippen LogP contribution in [-0.2, 0) is 4.79 Å². The molecular formula is C15H21N3O. The number of nitriles is 1. The van der Waals surface area contributed by atoms with Gasteiger partial charge in [0, 0.05) is 12.2 Å². The quantitative estimate of drug-likeness (QED) is 0.852. The molecule has 1 aromatic carbocycles. The van der Waals surface area contributed by atoms with E-state index in [9.17, 15) is 4.79 Å². The van der Waals surface area contributed by atoms with Crippen molar-refractivity contribution in [1.29, 1.82) is 5.26 Å². The molecule has 4 nitrogen and oxygen atoms in total. The van der Waals surface area contributed by atoms with Crippen LogP contribution in [0.5, 0.6) is 0 Å². The van der Waals surface area contributed by atoms with Crippen molar-refractivity contribution in [2.45, 2.75) is 32.7 Å². The summed E-state index contributed by atoms with van der Waals surface area (Å²) in [7, 11) is 0. The molecule has 0 aliphatic rings. The molecule has 0 spiro atoms. The third-order valence-corrected chi connectivity index (χ3v) is 2.82. The molecule has 0 aromatic heterocycles. The SMILES string of the molecule is CC(C)C[C@@H](N)C(=O)N(CCC#N)c1ccccc1. The Morgan fingerprint density at radius 2 is 2.00 bits per heavy atom. The van der Waals surface area contributed by atoms with Crippen molar-refractivity contribution in [1.82, 2.24) is 0 Å². The van der Waals surface area contributed by atoms with Crippen LogP contribution in [0, 0.1) is 17.2 Å². The number of nitrogens with zero attached hydrogens (tertiary/aromatic N) is 2. The van der Waals surface area contributed by atoms with Crippen LogP contribution in [-0.4, -0.2) is 18.5 Å². The molecule has 0 unspecified atom stereocenters. The van der Waals surface area contributed by atoms with E-state index in [1.54, 1.807) is 4.90 Å². The summed E-state index contributed by atoms with van der Waals surface area (Å²) in [6.07, 6.45) is 0.948. The molecule has 2 N–H and O–H groups in total. The van der Waals surface area contributed by atoms with Crippen molar-refractivity contribution in [2.24, 2.45) is 11.7 Å². The van der Waals surface area contributed by atoms with E-state index in [1.807, 2.05) is 44.2 Å². The summed E-state index contributed by atoms with van der Waals surface area (Å²) in [4.78, 5) is 14.0. The highest BCUT2D eigenvalue weighted by Crippen LogP contribution is 2.16. The molecule has 0 radical (unpaired) electrons. The molecule has 1 atom stereocenters. The van der Waals surface area contributed by atoms with Gasteiger partial charge in [-0.05, 0) is 24.5 Å². The van der Waals surface area contributed by atoms with Crippen LogP contribution in [0.2, 0.25) is 0 Å². The average Bonchev–Trinajstić information content (AvgIpc) is 2.39. The number of carbonyl (C=O) groups is 1. The highest BCUT2D eigenvalue weighted by Gasteiger charge is 2.22. The molecule has 1 amide bonds. The van der Waals surface area contributed by atoms with Crippen molar-refractivity contribution in [3.63, 3.8) is 0 Å². The fourth-order valence-corrected chi connectivity index (χ4v) is 1.95. The smallest absolute Gasteiger partial charge is 0.243 e. The second kappa shape index (κ2) is 7.55. The minimum absolute atomic E-state index is 0.116. The summed E-state index contributed by atoms with van der Waals surface area (Å²) in [6, 6.07) is 10.9. The first-order chi connectivity index (χ1) is 9.06. The van der Waals surface area contributed by atoms with Gasteiger partial charge in [-0.3, -0.25) is 4.79 Å². The maximum Gasteiger partial charge on any atom is 0.243 e. The first-order valence-corrected chi connectivity index (χ1v) is 6.55. The lowest BCUT2D eigenvalue weighted by Gasteiger charge is -2.25. The van der Waals surface area contributed by atoms with Crippen molar-refractivity contribution in [2.75, 3.05) is 11.4 Å². The summed E-state index contributed by atoms with van der Waals surface area (Å²) in [6.45, 7) is 4.45. The van der Waals surface area contributed by atoms with Crippen molar-refractivity contribution >= 4 is 11.6 Å². The normalized spacial score (nSPS) is 11.9. The maximum atomic E-state index is 12.4. The third-order valence-electron chi connectivity index (χ3n) is 2.82. The van der Waals surface area contributed by atoms with Crippen LogP contribution in [0.25, 0.3) is 0 Å². The third kappa shape index (κ3) is 4.72. The fraction of sp³-hybridized carbons (Fsp3) is 0.467. The molecule has 0 aliphatic carbocycles. The number of hydrogen-bond donors (Lipinski definition) is 1. The van der Waals surface area contributed by atoms with E-state index in [1.165, 1.54) is 0 Å². The number of hydrogen-bond acceptors (Lipinski definition) is 3. The zero-order valence-electron chi connectivity index (χ0n) is 11.5. The predicted molar refractivity (Wildman–Crippen MR) is 76.5 cm³/mol. The molecule has 1 rings (SSSR count). The number of anilines is 1. The Bertz CT molecular complexity index is 436. The van der Waals surface area contributed by atoms with E-state index in [0.717, 1.165) is 5.69 Å². The lowest BCUT2D eigenvalue weighted by Crippen LogP contribution is -2.45. The van der Waals surface area contributed by atoms with Gasteiger partial charge < -0.3 is 10.6 Å².